The Kier molecular flexibility index (Phi) is 5.20. The van der Waals surface area contributed by atoms with Crippen LogP contribution in [0.5, 0.6) is 0 Å². The monoisotopic (exact) mass is 271 g/mol. The molecule has 1 fully saturated rings. The van der Waals surface area contributed by atoms with E-state index in [0.717, 1.165) is 24.0 Å². The van der Waals surface area contributed by atoms with Gasteiger partial charge in [0.25, 0.3) is 5.91 Å². The fraction of sp³-hybridized carbons (Fsp3) is 0.471. The molecule has 0 aliphatic heterocycles. The summed E-state index contributed by atoms with van der Waals surface area (Å²) >= 11 is 0. The highest BCUT2D eigenvalue weighted by molar-refractivity contribution is 5.94. The second-order valence-electron chi connectivity index (χ2n) is 5.30. The Labute approximate surface area is 120 Å². The van der Waals surface area contributed by atoms with Crippen LogP contribution in [0.25, 0.3) is 0 Å². The highest BCUT2D eigenvalue weighted by Crippen LogP contribution is 2.18. The Morgan fingerprint density at radius 2 is 2.10 bits per heavy atom. The van der Waals surface area contributed by atoms with Gasteiger partial charge in [-0.25, -0.2) is 0 Å². The Balaban J connectivity index is 2.09. The van der Waals surface area contributed by atoms with Crippen molar-refractivity contribution < 1.29 is 9.90 Å². The van der Waals surface area contributed by atoms with Gasteiger partial charge in [0.1, 0.15) is 6.61 Å². The fourth-order valence-electron chi connectivity index (χ4n) is 2.55. The van der Waals surface area contributed by atoms with Gasteiger partial charge in [-0.3, -0.25) is 4.79 Å². The first-order valence-electron chi connectivity index (χ1n) is 7.22. The highest BCUT2D eigenvalue weighted by Gasteiger charge is 2.16. The SMILES string of the molecule is Cc1ccc(C(=O)NC2CCCCC2)cc1C#CCO. The topological polar surface area (TPSA) is 49.3 Å². The summed E-state index contributed by atoms with van der Waals surface area (Å²) in [6, 6.07) is 5.84. The van der Waals surface area contributed by atoms with E-state index < -0.39 is 0 Å². The van der Waals surface area contributed by atoms with E-state index in [1.165, 1.54) is 19.3 Å². The van der Waals surface area contributed by atoms with Crippen LogP contribution in [0.3, 0.4) is 0 Å². The smallest absolute Gasteiger partial charge is 0.251 e. The summed E-state index contributed by atoms with van der Waals surface area (Å²) in [5.41, 5.74) is 2.46. The zero-order chi connectivity index (χ0) is 14.4. The normalized spacial score (nSPS) is 15.3. The number of hydrogen-bond donors (Lipinski definition) is 2. The average Bonchev–Trinajstić information content (AvgIpc) is 2.47. The molecule has 3 heteroatoms. The quantitative estimate of drug-likeness (QED) is 0.812. The lowest BCUT2D eigenvalue weighted by Gasteiger charge is -2.22. The number of aryl methyl sites for hydroxylation is 1. The van der Waals surface area contributed by atoms with Crippen LogP contribution in [0, 0.1) is 18.8 Å². The second kappa shape index (κ2) is 7.12. The molecule has 0 spiro atoms. The number of carbonyl (C=O) groups is 1. The molecular weight excluding hydrogens is 250 g/mol. The van der Waals surface area contributed by atoms with E-state index in [9.17, 15) is 4.79 Å². The third-order valence-electron chi connectivity index (χ3n) is 3.74. The summed E-state index contributed by atoms with van der Waals surface area (Å²) < 4.78 is 0. The molecule has 2 N–H and O–H groups in total. The summed E-state index contributed by atoms with van der Waals surface area (Å²) in [4.78, 5) is 12.2. The Morgan fingerprint density at radius 3 is 2.80 bits per heavy atom. The van der Waals surface area contributed by atoms with Crippen molar-refractivity contribution in [2.24, 2.45) is 0 Å². The lowest BCUT2D eigenvalue weighted by molar-refractivity contribution is 0.0927. The maximum atomic E-state index is 12.2. The number of hydrogen-bond acceptors (Lipinski definition) is 2. The van der Waals surface area contributed by atoms with Crippen LogP contribution in [0.2, 0.25) is 0 Å². The predicted octanol–water partition coefficient (Wildman–Crippen LogP) is 2.40. The molecule has 1 saturated carbocycles. The molecule has 2 rings (SSSR count). The summed E-state index contributed by atoms with van der Waals surface area (Å²) in [6.07, 6.45) is 5.83. The molecule has 0 heterocycles. The minimum Gasteiger partial charge on any atom is -0.384 e. The summed E-state index contributed by atoms with van der Waals surface area (Å²) in [6.45, 7) is 1.78. The van der Waals surface area contributed by atoms with Crippen molar-refractivity contribution in [1.29, 1.82) is 0 Å². The van der Waals surface area contributed by atoms with Gasteiger partial charge in [0.05, 0.1) is 0 Å². The van der Waals surface area contributed by atoms with Gasteiger partial charge in [-0.2, -0.15) is 0 Å². The fourth-order valence-corrected chi connectivity index (χ4v) is 2.55. The van der Waals surface area contributed by atoms with Crippen molar-refractivity contribution in [2.75, 3.05) is 6.61 Å². The number of carbonyl (C=O) groups excluding carboxylic acids is 1. The van der Waals surface area contributed by atoms with Crippen LogP contribution in [0.1, 0.15) is 53.6 Å². The van der Waals surface area contributed by atoms with E-state index in [-0.39, 0.29) is 12.5 Å². The molecule has 3 nitrogen and oxygen atoms in total. The molecule has 1 aliphatic carbocycles. The third-order valence-corrected chi connectivity index (χ3v) is 3.74. The number of nitrogens with one attached hydrogen (secondary N) is 1. The van der Waals surface area contributed by atoms with Crippen molar-refractivity contribution in [2.45, 2.75) is 45.1 Å². The number of aliphatic hydroxyl groups excluding tert-OH is 1. The first-order valence-corrected chi connectivity index (χ1v) is 7.22. The van der Waals surface area contributed by atoms with Crippen molar-refractivity contribution in [3.63, 3.8) is 0 Å². The molecule has 0 unspecified atom stereocenters. The van der Waals surface area contributed by atoms with Gasteiger partial charge in [-0.1, -0.05) is 37.2 Å². The maximum absolute atomic E-state index is 12.2. The summed E-state index contributed by atoms with van der Waals surface area (Å²) in [5.74, 6) is 5.48. The zero-order valence-corrected chi connectivity index (χ0v) is 11.9. The van der Waals surface area contributed by atoms with Crippen LogP contribution in [0.4, 0.5) is 0 Å². The molecule has 0 radical (unpaired) electrons. The van der Waals surface area contributed by atoms with Gasteiger partial charge in [0.2, 0.25) is 0 Å². The molecule has 1 aliphatic rings. The number of aliphatic hydroxyl groups is 1. The van der Waals surface area contributed by atoms with E-state index in [1.54, 1.807) is 6.07 Å². The van der Waals surface area contributed by atoms with Gasteiger partial charge in [0.15, 0.2) is 0 Å². The molecule has 0 atom stereocenters. The van der Waals surface area contributed by atoms with E-state index >= 15 is 0 Å². The number of rotatable bonds is 2. The molecular formula is C17H21NO2. The summed E-state index contributed by atoms with van der Waals surface area (Å²) in [7, 11) is 0. The standard InChI is InChI=1S/C17H21NO2/c1-13-9-10-15(12-14(13)6-5-11-19)17(20)18-16-7-3-2-4-8-16/h9-10,12,16,19H,2-4,7-8,11H2,1H3,(H,18,20). The van der Waals surface area contributed by atoms with Gasteiger partial charge in [-0.15, -0.1) is 0 Å². The largest absolute Gasteiger partial charge is 0.384 e. The molecule has 0 saturated heterocycles. The van der Waals surface area contributed by atoms with Gasteiger partial charge < -0.3 is 10.4 Å². The van der Waals surface area contributed by atoms with Crippen molar-refractivity contribution in [1.82, 2.24) is 5.32 Å². The lowest BCUT2D eigenvalue weighted by atomic mass is 9.95. The number of benzene rings is 1. The van der Waals surface area contributed by atoms with Gasteiger partial charge in [0, 0.05) is 17.2 Å². The van der Waals surface area contributed by atoms with Crippen LogP contribution in [-0.2, 0) is 0 Å². The average molecular weight is 271 g/mol. The molecule has 20 heavy (non-hydrogen) atoms. The van der Waals surface area contributed by atoms with E-state index in [2.05, 4.69) is 17.2 Å². The lowest BCUT2D eigenvalue weighted by Crippen LogP contribution is -2.36. The van der Waals surface area contributed by atoms with Crippen molar-refractivity contribution in [3.8, 4) is 11.8 Å². The molecule has 106 valence electrons. The predicted molar refractivity (Wildman–Crippen MR) is 79.5 cm³/mol. The molecule has 0 bridgehead atoms. The van der Waals surface area contributed by atoms with E-state index in [0.29, 0.717) is 11.6 Å². The molecule has 0 aromatic heterocycles. The number of amides is 1. The zero-order valence-electron chi connectivity index (χ0n) is 11.9. The highest BCUT2D eigenvalue weighted by atomic mass is 16.2. The van der Waals surface area contributed by atoms with E-state index in [4.69, 9.17) is 5.11 Å². The minimum atomic E-state index is -0.169. The van der Waals surface area contributed by atoms with Gasteiger partial charge in [-0.05, 0) is 37.5 Å². The van der Waals surface area contributed by atoms with Crippen molar-refractivity contribution in [3.05, 3.63) is 34.9 Å². The Morgan fingerprint density at radius 1 is 1.35 bits per heavy atom. The third kappa shape index (κ3) is 3.85. The Bertz CT molecular complexity index is 534. The first-order chi connectivity index (χ1) is 9.70. The van der Waals surface area contributed by atoms with Crippen LogP contribution < -0.4 is 5.32 Å². The van der Waals surface area contributed by atoms with E-state index in [1.807, 2.05) is 19.1 Å². The maximum Gasteiger partial charge on any atom is 0.251 e. The first kappa shape index (κ1) is 14.6. The van der Waals surface area contributed by atoms with Gasteiger partial charge >= 0.3 is 0 Å². The molecule has 1 aromatic rings. The molecule has 1 aromatic carbocycles. The van der Waals surface area contributed by atoms with Crippen LogP contribution >= 0.6 is 0 Å². The van der Waals surface area contributed by atoms with Crippen LogP contribution in [-0.4, -0.2) is 23.7 Å². The van der Waals surface area contributed by atoms with Crippen LogP contribution in [0.15, 0.2) is 18.2 Å². The van der Waals surface area contributed by atoms with Crippen molar-refractivity contribution >= 4 is 5.91 Å². The summed E-state index contributed by atoms with van der Waals surface area (Å²) in [5, 5.41) is 11.9. The minimum absolute atomic E-state index is 0.0241. The second-order valence-corrected chi connectivity index (χ2v) is 5.30. The Hall–Kier alpha value is -1.79. The molecule has 1 amide bonds.